The summed E-state index contributed by atoms with van der Waals surface area (Å²) >= 11 is 12.0. The maximum Gasteiger partial charge on any atom is 0.138 e. The molecule has 2 atom stereocenters. The average molecular weight is 511 g/mol. The molecule has 3 aromatic rings. The lowest BCUT2D eigenvalue weighted by Gasteiger charge is -2.27. The van der Waals surface area contributed by atoms with Gasteiger partial charge in [0.05, 0.1) is 23.6 Å². The van der Waals surface area contributed by atoms with Crippen LogP contribution in [0.3, 0.4) is 0 Å². The number of rotatable bonds is 12. The molecule has 1 aromatic heterocycles. The Morgan fingerprint density at radius 3 is 2.32 bits per heavy atom. The van der Waals surface area contributed by atoms with Crippen molar-refractivity contribution in [2.45, 2.75) is 44.7 Å². The van der Waals surface area contributed by atoms with Crippen molar-refractivity contribution in [3.63, 3.8) is 0 Å². The fourth-order valence-corrected chi connectivity index (χ4v) is 3.65. The molecule has 0 aliphatic carbocycles. The summed E-state index contributed by atoms with van der Waals surface area (Å²) in [4.78, 5) is 0. The number of alkyl halides is 2. The molecule has 0 fully saturated rings. The zero-order chi connectivity index (χ0) is 24.7. The van der Waals surface area contributed by atoms with Gasteiger partial charge in [-0.15, -0.1) is 16.7 Å². The van der Waals surface area contributed by atoms with E-state index in [2.05, 4.69) is 24.2 Å². The Morgan fingerprint density at radius 2 is 1.71 bits per heavy atom. The van der Waals surface area contributed by atoms with Crippen LogP contribution in [0.1, 0.15) is 30.7 Å². The predicted molar refractivity (Wildman–Crippen MR) is 129 cm³/mol. The minimum absolute atomic E-state index is 0.0586. The van der Waals surface area contributed by atoms with Crippen molar-refractivity contribution in [2.75, 3.05) is 19.1 Å². The molecule has 0 saturated heterocycles. The summed E-state index contributed by atoms with van der Waals surface area (Å²) in [5, 5.41) is 27.6. The van der Waals surface area contributed by atoms with E-state index >= 15 is 0 Å². The highest BCUT2D eigenvalue weighted by molar-refractivity contribution is 6.32. The summed E-state index contributed by atoms with van der Waals surface area (Å²) in [6, 6.07) is 13.2. The Morgan fingerprint density at radius 1 is 1.03 bits per heavy atom. The standard InChI is InChI=1S/C24H28Cl2FN3O4/c1-24(2,17-5-8-23(22(26)9-17)34-14-19(31)10-25)16-3-6-21(7-4-16)33-15-20(32)13-30-12-18(11-27)28-29-30/h3-9,12,19-20,31-32H,10-11,13-15H2,1-2H3/t19-,20+/m1/s1/i27-1. The summed E-state index contributed by atoms with van der Waals surface area (Å²) < 4.78 is 25.2. The van der Waals surface area contributed by atoms with Crippen LogP contribution in [0.25, 0.3) is 0 Å². The van der Waals surface area contributed by atoms with Gasteiger partial charge in [-0.25, -0.2) is 9.07 Å². The van der Waals surface area contributed by atoms with E-state index < -0.39 is 18.9 Å². The second kappa shape index (κ2) is 11.8. The van der Waals surface area contributed by atoms with Crippen LogP contribution in [0.2, 0.25) is 5.02 Å². The molecular weight excluding hydrogens is 483 g/mol. The number of hydrogen-bond donors (Lipinski definition) is 2. The van der Waals surface area contributed by atoms with Gasteiger partial charge in [0.1, 0.15) is 49.3 Å². The fraction of sp³-hybridized carbons (Fsp3) is 0.417. The number of aliphatic hydroxyl groups is 2. The van der Waals surface area contributed by atoms with E-state index in [-0.39, 0.29) is 36.7 Å². The molecule has 3 rings (SSSR count). The van der Waals surface area contributed by atoms with Crippen LogP contribution in [-0.2, 0) is 18.6 Å². The molecule has 0 unspecified atom stereocenters. The summed E-state index contributed by atoms with van der Waals surface area (Å²) in [6.45, 7) is 3.75. The zero-order valence-corrected chi connectivity index (χ0v) is 20.5. The quantitative estimate of drug-likeness (QED) is 0.356. The van der Waals surface area contributed by atoms with Crippen LogP contribution in [0.4, 0.5) is 4.39 Å². The first kappa shape index (κ1) is 26.2. The SMILES string of the molecule is CC(C)(c1ccc(OC[C@@H](O)Cn2cc(C[18F])nn2)cc1)c1ccc(OC[C@H](O)CCl)c(Cl)c1. The van der Waals surface area contributed by atoms with Gasteiger partial charge in [0.25, 0.3) is 0 Å². The Balaban J connectivity index is 1.59. The van der Waals surface area contributed by atoms with Crippen molar-refractivity contribution in [1.29, 1.82) is 0 Å². The highest BCUT2D eigenvalue weighted by atomic mass is 35.5. The number of ether oxygens (including phenoxy) is 2. The van der Waals surface area contributed by atoms with Crippen LogP contribution >= 0.6 is 23.2 Å². The minimum Gasteiger partial charge on any atom is -0.491 e. The summed E-state index contributed by atoms with van der Waals surface area (Å²) in [6.07, 6.45) is -0.125. The summed E-state index contributed by atoms with van der Waals surface area (Å²) in [5.74, 6) is 1.19. The third kappa shape index (κ3) is 6.82. The number of benzene rings is 2. The number of aromatic nitrogens is 3. The van der Waals surface area contributed by atoms with E-state index in [0.717, 1.165) is 11.1 Å². The topological polar surface area (TPSA) is 89.6 Å². The van der Waals surface area contributed by atoms with Crippen molar-refractivity contribution < 1.29 is 24.1 Å². The smallest absolute Gasteiger partial charge is 0.138 e. The summed E-state index contributed by atoms with van der Waals surface area (Å²) in [7, 11) is 0. The van der Waals surface area contributed by atoms with Gasteiger partial charge in [0.15, 0.2) is 0 Å². The zero-order valence-electron chi connectivity index (χ0n) is 19.0. The van der Waals surface area contributed by atoms with E-state index in [4.69, 9.17) is 32.7 Å². The molecular formula is C24H28Cl2FN3O4. The highest BCUT2D eigenvalue weighted by Gasteiger charge is 2.24. The molecule has 0 spiro atoms. The first-order valence-electron chi connectivity index (χ1n) is 10.8. The number of hydrogen-bond acceptors (Lipinski definition) is 6. The van der Waals surface area contributed by atoms with Crippen molar-refractivity contribution in [3.05, 3.63) is 70.5 Å². The lowest BCUT2D eigenvalue weighted by atomic mass is 9.78. The van der Waals surface area contributed by atoms with Crippen LogP contribution < -0.4 is 9.47 Å². The van der Waals surface area contributed by atoms with Gasteiger partial charge in [-0.3, -0.25) is 0 Å². The highest BCUT2D eigenvalue weighted by Crippen LogP contribution is 2.36. The molecule has 10 heteroatoms. The number of halogens is 3. The monoisotopic (exact) mass is 510 g/mol. The van der Waals surface area contributed by atoms with Crippen LogP contribution in [-0.4, -0.2) is 56.5 Å². The van der Waals surface area contributed by atoms with E-state index in [1.807, 2.05) is 36.4 Å². The van der Waals surface area contributed by atoms with Gasteiger partial charge in [-0.2, -0.15) is 0 Å². The van der Waals surface area contributed by atoms with Crippen LogP contribution in [0.15, 0.2) is 48.7 Å². The number of aliphatic hydroxyl groups excluding tert-OH is 2. The van der Waals surface area contributed by atoms with E-state index in [1.54, 1.807) is 6.07 Å². The molecule has 0 saturated carbocycles. The summed E-state index contributed by atoms with van der Waals surface area (Å²) in [5.41, 5.74) is 1.91. The van der Waals surface area contributed by atoms with Crippen molar-refractivity contribution in [3.8, 4) is 11.5 Å². The maximum absolute atomic E-state index is 12.6. The maximum atomic E-state index is 12.6. The fourth-order valence-electron chi connectivity index (χ4n) is 3.32. The third-order valence-electron chi connectivity index (χ3n) is 5.40. The van der Waals surface area contributed by atoms with E-state index in [9.17, 15) is 14.6 Å². The number of nitrogens with zero attached hydrogens (tertiary/aromatic N) is 3. The van der Waals surface area contributed by atoms with E-state index in [1.165, 1.54) is 10.9 Å². The predicted octanol–water partition coefficient (Wildman–Crippen LogP) is 4.15. The van der Waals surface area contributed by atoms with Crippen LogP contribution in [0, 0.1) is 0 Å². The molecule has 0 aliphatic heterocycles. The Kier molecular flexibility index (Phi) is 9.13. The van der Waals surface area contributed by atoms with Gasteiger partial charge >= 0.3 is 0 Å². The Labute approximate surface area is 208 Å². The largest absolute Gasteiger partial charge is 0.491 e. The molecule has 2 aromatic carbocycles. The van der Waals surface area contributed by atoms with Crippen molar-refractivity contribution in [2.24, 2.45) is 0 Å². The lowest BCUT2D eigenvalue weighted by molar-refractivity contribution is 0.0888. The normalized spacial score (nSPS) is 13.5. The molecule has 0 aliphatic rings. The Hall–Kier alpha value is -2.39. The third-order valence-corrected chi connectivity index (χ3v) is 6.05. The minimum atomic E-state index is -0.821. The molecule has 184 valence electrons. The van der Waals surface area contributed by atoms with E-state index in [0.29, 0.717) is 16.5 Å². The lowest BCUT2D eigenvalue weighted by Crippen LogP contribution is -2.24. The van der Waals surface area contributed by atoms with Gasteiger partial charge < -0.3 is 19.7 Å². The molecule has 1 heterocycles. The molecule has 0 bridgehead atoms. The molecule has 34 heavy (non-hydrogen) atoms. The first-order chi connectivity index (χ1) is 16.2. The van der Waals surface area contributed by atoms with Gasteiger partial charge in [0.2, 0.25) is 0 Å². The molecule has 2 N–H and O–H groups in total. The second-order valence-electron chi connectivity index (χ2n) is 8.44. The van der Waals surface area contributed by atoms with Crippen molar-refractivity contribution >= 4 is 23.2 Å². The molecule has 0 amide bonds. The molecule has 7 nitrogen and oxygen atoms in total. The van der Waals surface area contributed by atoms with Gasteiger partial charge in [-0.1, -0.05) is 48.9 Å². The Bertz CT molecular complexity index is 1060. The second-order valence-corrected chi connectivity index (χ2v) is 9.16. The first-order valence-corrected chi connectivity index (χ1v) is 11.7. The molecule has 0 radical (unpaired) electrons. The van der Waals surface area contributed by atoms with Gasteiger partial charge in [0, 0.05) is 5.41 Å². The van der Waals surface area contributed by atoms with Gasteiger partial charge in [-0.05, 0) is 35.4 Å². The average Bonchev–Trinajstić information content (AvgIpc) is 3.29. The van der Waals surface area contributed by atoms with Crippen LogP contribution in [0.5, 0.6) is 11.5 Å². The van der Waals surface area contributed by atoms with Crippen molar-refractivity contribution in [1.82, 2.24) is 15.0 Å².